The number of hydrogen-bond acceptors (Lipinski definition) is 4. The molecule has 0 saturated heterocycles. The maximum absolute atomic E-state index is 11.1. The van der Waals surface area contributed by atoms with Crippen LogP contribution in [0, 0.1) is 0 Å². The van der Waals surface area contributed by atoms with Gasteiger partial charge in [-0.3, -0.25) is 0 Å². The van der Waals surface area contributed by atoms with Crippen LogP contribution in [0.5, 0.6) is 0 Å². The number of esters is 1. The van der Waals surface area contributed by atoms with E-state index in [1.165, 1.54) is 7.11 Å². The average Bonchev–Trinajstić information content (AvgIpc) is 2.59. The topological polar surface area (TPSA) is 53.4 Å². The lowest BCUT2D eigenvalue weighted by Gasteiger charge is -2.13. The van der Waals surface area contributed by atoms with Crippen molar-refractivity contribution in [3.63, 3.8) is 0 Å². The van der Waals surface area contributed by atoms with Crippen molar-refractivity contribution in [2.24, 2.45) is 0 Å². The molecule has 1 aromatic rings. The van der Waals surface area contributed by atoms with E-state index < -0.39 is 5.97 Å². The minimum absolute atomic E-state index is 0.350. The molecule has 0 bridgehead atoms. The van der Waals surface area contributed by atoms with Crippen LogP contribution in [0.15, 0.2) is 6.20 Å². The van der Waals surface area contributed by atoms with E-state index in [0.717, 1.165) is 12.4 Å². The zero-order valence-electron chi connectivity index (χ0n) is 7.32. The Morgan fingerprint density at radius 1 is 1.77 bits per heavy atom. The predicted molar refractivity (Wildman–Crippen MR) is 43.2 cm³/mol. The lowest BCUT2D eigenvalue weighted by atomic mass is 10.5. The summed E-state index contributed by atoms with van der Waals surface area (Å²) in [6.45, 7) is 1.89. The number of methoxy groups -OCH3 is 1. The normalized spacial score (nSPS) is 15.2. The molecule has 1 aliphatic heterocycles. The molecule has 0 N–H and O–H groups in total. The Morgan fingerprint density at radius 2 is 2.62 bits per heavy atom. The molecule has 13 heavy (non-hydrogen) atoms. The Kier molecular flexibility index (Phi) is 2.02. The third kappa shape index (κ3) is 1.42. The van der Waals surface area contributed by atoms with Gasteiger partial charge in [0.1, 0.15) is 12.4 Å². The minimum Gasteiger partial charge on any atom is -0.464 e. The Hall–Kier alpha value is -1.36. The lowest BCUT2D eigenvalue weighted by molar-refractivity contribution is 0.0594. The van der Waals surface area contributed by atoms with Crippen molar-refractivity contribution in [3.05, 3.63) is 17.7 Å². The van der Waals surface area contributed by atoms with Gasteiger partial charge in [-0.1, -0.05) is 0 Å². The summed E-state index contributed by atoms with van der Waals surface area (Å²) in [4.78, 5) is 15.2. The van der Waals surface area contributed by atoms with Crippen molar-refractivity contribution < 1.29 is 14.3 Å². The molecular formula is C8H10N2O3. The molecule has 1 aliphatic rings. The van der Waals surface area contributed by atoms with E-state index in [4.69, 9.17) is 4.74 Å². The minimum atomic E-state index is -0.401. The van der Waals surface area contributed by atoms with E-state index in [9.17, 15) is 4.79 Å². The molecular weight excluding hydrogens is 172 g/mol. The highest BCUT2D eigenvalue weighted by atomic mass is 16.5. The number of nitrogens with zero attached hydrogens (tertiary/aromatic N) is 2. The third-order valence-corrected chi connectivity index (χ3v) is 1.96. The zero-order valence-corrected chi connectivity index (χ0v) is 7.32. The molecule has 0 atom stereocenters. The first kappa shape index (κ1) is 8.25. The molecule has 0 unspecified atom stereocenters. The van der Waals surface area contributed by atoms with Crippen molar-refractivity contribution in [1.82, 2.24) is 9.55 Å². The number of aromatic nitrogens is 2. The van der Waals surface area contributed by atoms with Gasteiger partial charge in [0.15, 0.2) is 5.69 Å². The van der Waals surface area contributed by atoms with Crippen molar-refractivity contribution >= 4 is 5.97 Å². The van der Waals surface area contributed by atoms with Crippen LogP contribution < -0.4 is 0 Å². The summed E-state index contributed by atoms with van der Waals surface area (Å²) < 4.78 is 11.7. The summed E-state index contributed by atoms with van der Waals surface area (Å²) in [5, 5.41) is 0. The number of ether oxygens (including phenoxy) is 2. The maximum atomic E-state index is 11.1. The van der Waals surface area contributed by atoms with Gasteiger partial charge in [-0.2, -0.15) is 0 Å². The zero-order chi connectivity index (χ0) is 9.26. The monoisotopic (exact) mass is 182 g/mol. The quantitative estimate of drug-likeness (QED) is 0.582. The largest absolute Gasteiger partial charge is 0.464 e. The fourth-order valence-electron chi connectivity index (χ4n) is 1.29. The van der Waals surface area contributed by atoms with Crippen LogP contribution in [-0.2, 0) is 22.6 Å². The summed E-state index contributed by atoms with van der Waals surface area (Å²) in [5.41, 5.74) is 0.350. The molecule has 1 aromatic heterocycles. The summed E-state index contributed by atoms with van der Waals surface area (Å²) in [6, 6.07) is 0. The van der Waals surface area contributed by atoms with Gasteiger partial charge in [-0.15, -0.1) is 0 Å². The molecule has 0 aromatic carbocycles. The first-order valence-corrected chi connectivity index (χ1v) is 4.03. The molecule has 0 aliphatic carbocycles. The van der Waals surface area contributed by atoms with E-state index in [-0.39, 0.29) is 0 Å². The van der Waals surface area contributed by atoms with E-state index in [1.54, 1.807) is 6.20 Å². The van der Waals surface area contributed by atoms with Crippen LogP contribution in [0.1, 0.15) is 16.3 Å². The Morgan fingerprint density at radius 3 is 3.31 bits per heavy atom. The summed E-state index contributed by atoms with van der Waals surface area (Å²) in [6.07, 6.45) is 1.70. The number of imidazole rings is 1. The SMILES string of the molecule is COC(=O)c1cn2c(n1)COCC2. The van der Waals surface area contributed by atoms with E-state index in [1.807, 2.05) is 4.57 Å². The number of fused-ring (bicyclic) bond motifs is 1. The average molecular weight is 182 g/mol. The molecule has 5 heteroatoms. The summed E-state index contributed by atoms with van der Waals surface area (Å²) in [5.74, 6) is 0.383. The van der Waals surface area contributed by atoms with Gasteiger partial charge >= 0.3 is 5.97 Å². The van der Waals surface area contributed by atoms with Gasteiger partial charge in [-0.25, -0.2) is 9.78 Å². The smallest absolute Gasteiger partial charge is 0.358 e. The molecule has 2 rings (SSSR count). The number of carbonyl (C=O) groups excluding carboxylic acids is 1. The van der Waals surface area contributed by atoms with Crippen molar-refractivity contribution in [2.75, 3.05) is 13.7 Å². The molecule has 0 spiro atoms. The van der Waals surface area contributed by atoms with E-state index >= 15 is 0 Å². The van der Waals surface area contributed by atoms with Crippen LogP contribution in [0.3, 0.4) is 0 Å². The predicted octanol–water partition coefficient (Wildman–Crippen LogP) is 0.200. The molecule has 0 fully saturated rings. The standard InChI is InChI=1S/C8H10N2O3/c1-12-8(11)6-4-10-2-3-13-5-7(10)9-6/h4H,2-3,5H2,1H3. The van der Waals surface area contributed by atoms with Gasteiger partial charge in [-0.05, 0) is 0 Å². The lowest BCUT2D eigenvalue weighted by Crippen LogP contribution is -2.15. The van der Waals surface area contributed by atoms with Gasteiger partial charge in [0.05, 0.1) is 13.7 Å². The second-order valence-corrected chi connectivity index (χ2v) is 2.78. The van der Waals surface area contributed by atoms with Gasteiger partial charge in [0.2, 0.25) is 0 Å². The van der Waals surface area contributed by atoms with E-state index in [0.29, 0.717) is 18.9 Å². The van der Waals surface area contributed by atoms with Crippen LogP contribution >= 0.6 is 0 Å². The maximum Gasteiger partial charge on any atom is 0.358 e. The van der Waals surface area contributed by atoms with Crippen molar-refractivity contribution in [3.8, 4) is 0 Å². The molecule has 0 saturated carbocycles. The Balaban J connectivity index is 2.30. The molecule has 0 radical (unpaired) electrons. The first-order valence-electron chi connectivity index (χ1n) is 4.03. The van der Waals surface area contributed by atoms with Crippen LogP contribution in [-0.4, -0.2) is 29.2 Å². The molecule has 0 amide bonds. The highest BCUT2D eigenvalue weighted by molar-refractivity contribution is 5.86. The summed E-state index contributed by atoms with van der Waals surface area (Å²) >= 11 is 0. The number of carbonyl (C=O) groups is 1. The second kappa shape index (κ2) is 3.18. The van der Waals surface area contributed by atoms with Crippen LogP contribution in [0.25, 0.3) is 0 Å². The molecule has 5 nitrogen and oxygen atoms in total. The number of hydrogen-bond donors (Lipinski definition) is 0. The summed E-state index contributed by atoms with van der Waals surface area (Å²) in [7, 11) is 1.34. The van der Waals surface area contributed by atoms with Gasteiger partial charge in [0.25, 0.3) is 0 Å². The van der Waals surface area contributed by atoms with Gasteiger partial charge < -0.3 is 14.0 Å². The van der Waals surface area contributed by atoms with Gasteiger partial charge in [0, 0.05) is 12.7 Å². The number of rotatable bonds is 1. The first-order chi connectivity index (χ1) is 6.31. The Labute approximate surface area is 75.3 Å². The highest BCUT2D eigenvalue weighted by Crippen LogP contribution is 2.10. The second-order valence-electron chi connectivity index (χ2n) is 2.78. The highest BCUT2D eigenvalue weighted by Gasteiger charge is 2.16. The fraction of sp³-hybridized carbons (Fsp3) is 0.500. The van der Waals surface area contributed by atoms with E-state index in [2.05, 4.69) is 9.72 Å². The van der Waals surface area contributed by atoms with Crippen LogP contribution in [0.4, 0.5) is 0 Å². The Bertz CT molecular complexity index is 309. The fourth-order valence-corrected chi connectivity index (χ4v) is 1.29. The van der Waals surface area contributed by atoms with Crippen molar-refractivity contribution in [1.29, 1.82) is 0 Å². The molecule has 2 heterocycles. The molecule has 70 valence electrons. The van der Waals surface area contributed by atoms with Crippen LogP contribution in [0.2, 0.25) is 0 Å². The third-order valence-electron chi connectivity index (χ3n) is 1.96. The van der Waals surface area contributed by atoms with Crippen molar-refractivity contribution in [2.45, 2.75) is 13.2 Å².